The van der Waals surface area contributed by atoms with Crippen LogP contribution in [0.25, 0.3) is 0 Å². The second-order valence-corrected chi connectivity index (χ2v) is 46.8. The van der Waals surface area contributed by atoms with E-state index in [1.165, 1.54) is 5.56 Å². The Balaban J connectivity index is 0. The van der Waals surface area contributed by atoms with E-state index in [9.17, 15) is 0 Å². The average Bonchev–Trinajstić information content (AvgIpc) is 2.06. The van der Waals surface area contributed by atoms with E-state index in [0.29, 0.717) is 0 Å². The van der Waals surface area contributed by atoms with Crippen LogP contribution in [-0.2, 0) is 28.8 Å². The van der Waals surface area contributed by atoms with Gasteiger partial charge in [0.05, 0.1) is 0 Å². The minimum atomic E-state index is -1.20. The van der Waals surface area contributed by atoms with Gasteiger partial charge in [0.2, 0.25) is 0 Å². The number of hydrogen-bond donors (Lipinski definition) is 1. The Morgan fingerprint density at radius 1 is 1.07 bits per heavy atom. The van der Waals surface area contributed by atoms with Gasteiger partial charge < -0.3 is 5.73 Å². The molecule has 1 nitrogen and oxygen atoms in total. The van der Waals surface area contributed by atoms with Crippen LogP contribution in [0.5, 0.6) is 0 Å². The number of nitrogens with two attached hydrogens (primary N) is 1. The first-order chi connectivity index (χ1) is 6.16. The summed E-state index contributed by atoms with van der Waals surface area (Å²) in [6, 6.07) is 10.3. The van der Waals surface area contributed by atoms with Crippen LogP contribution in [-0.4, -0.2) is 21.0 Å². The Morgan fingerprint density at radius 3 is 1.86 bits per heavy atom. The second-order valence-electron chi connectivity index (χ2n) is 2.27. The van der Waals surface area contributed by atoms with E-state index in [4.69, 9.17) is 5.73 Å². The molecule has 2 N–H and O–H groups in total. The first kappa shape index (κ1) is 18.6. The summed E-state index contributed by atoms with van der Waals surface area (Å²) >= 11 is 8.74. The molecule has 0 aliphatic rings. The zero-order valence-electron chi connectivity index (χ0n) is 7.39. The van der Waals surface area contributed by atoms with Crippen LogP contribution in [0.4, 0.5) is 0 Å². The fraction of sp³-hybridized carbons (Fsp3) is 0.250. The molecule has 0 saturated carbocycles. The standard InChI is InChI=1S/C8H11N.Ag.3BrH.In/c9-7-6-8-4-2-1-3-5-8;;;;;/h1-5H,6-7,9H2;;3*1H;/q;;;;;+3/p-3. The monoisotopic (exact) mass is 580 g/mol. The van der Waals surface area contributed by atoms with Gasteiger partial charge in [0.15, 0.2) is 0 Å². The molecule has 0 heterocycles. The van der Waals surface area contributed by atoms with Crippen molar-refractivity contribution < 1.29 is 22.4 Å². The molecular weight excluding hydrogens is 572 g/mol. The fourth-order valence-corrected chi connectivity index (χ4v) is 0.811. The van der Waals surface area contributed by atoms with Crippen molar-refractivity contribution in [3.8, 4) is 0 Å². The van der Waals surface area contributed by atoms with Crippen molar-refractivity contribution in [3.05, 3.63) is 35.9 Å². The van der Waals surface area contributed by atoms with Gasteiger partial charge in [-0.05, 0) is 18.5 Å². The first-order valence-corrected chi connectivity index (χ1v) is 26.0. The Labute approximate surface area is 126 Å². The Morgan fingerprint density at radius 2 is 1.50 bits per heavy atom. The predicted octanol–water partition coefficient (Wildman–Crippen LogP) is 3.34. The van der Waals surface area contributed by atoms with Crippen molar-refractivity contribution in [2.24, 2.45) is 5.73 Å². The molecule has 1 rings (SSSR count). The van der Waals surface area contributed by atoms with Crippen LogP contribution in [0.1, 0.15) is 5.56 Å². The summed E-state index contributed by atoms with van der Waals surface area (Å²) in [4.78, 5) is 0. The van der Waals surface area contributed by atoms with E-state index < -0.39 is 14.4 Å². The molecule has 0 fully saturated rings. The van der Waals surface area contributed by atoms with Crippen LogP contribution in [0.2, 0.25) is 0 Å². The Kier molecular flexibility index (Phi) is 17.7. The summed E-state index contributed by atoms with van der Waals surface area (Å²) in [7, 11) is 0. The molecule has 0 unspecified atom stereocenters. The topological polar surface area (TPSA) is 26.0 Å². The fourth-order valence-electron chi connectivity index (χ4n) is 0.811. The van der Waals surface area contributed by atoms with Gasteiger partial charge in [-0.2, -0.15) is 0 Å². The SMILES string of the molecule is NCCc1ccccc1.[Ag].[Br][In]([Br])[Br]. The molecule has 0 spiro atoms. The van der Waals surface area contributed by atoms with E-state index in [1.807, 2.05) is 18.2 Å². The van der Waals surface area contributed by atoms with Gasteiger partial charge in [-0.3, -0.25) is 0 Å². The van der Waals surface area contributed by atoms with Gasteiger partial charge in [-0.25, -0.2) is 0 Å². The molecule has 0 atom stereocenters. The van der Waals surface area contributed by atoms with Gasteiger partial charge in [0.1, 0.15) is 0 Å². The first-order valence-electron chi connectivity index (χ1n) is 3.83. The van der Waals surface area contributed by atoms with E-state index in [1.54, 1.807) is 0 Å². The molecule has 0 amide bonds. The van der Waals surface area contributed by atoms with Gasteiger partial charge >= 0.3 is 51.3 Å². The summed E-state index contributed by atoms with van der Waals surface area (Å²) < 4.78 is 0. The molecule has 83 valence electrons. The van der Waals surface area contributed by atoms with Crippen LogP contribution >= 0.6 is 36.9 Å². The zero-order chi connectivity index (χ0) is 10.1. The molecule has 0 bridgehead atoms. The van der Waals surface area contributed by atoms with Gasteiger partial charge in [-0.1, -0.05) is 30.3 Å². The molecule has 0 aromatic heterocycles. The molecule has 6 heteroatoms. The number of hydrogen-bond acceptors (Lipinski definition) is 1. The van der Waals surface area contributed by atoms with Crippen molar-refractivity contribution in [2.45, 2.75) is 6.42 Å². The van der Waals surface area contributed by atoms with E-state index in [-0.39, 0.29) is 22.4 Å². The third-order valence-electron chi connectivity index (χ3n) is 1.28. The summed E-state index contributed by atoms with van der Waals surface area (Å²) in [6.07, 6.45) is 0.987. The number of rotatable bonds is 2. The number of benzene rings is 1. The molecule has 1 aromatic rings. The molecule has 0 aliphatic heterocycles. The summed E-state index contributed by atoms with van der Waals surface area (Å²) in [5, 5.41) is 0. The minimum absolute atomic E-state index is 0. The van der Waals surface area contributed by atoms with E-state index in [2.05, 4.69) is 49.0 Å². The maximum absolute atomic E-state index is 5.36. The van der Waals surface area contributed by atoms with Crippen molar-refractivity contribution in [3.63, 3.8) is 0 Å². The van der Waals surface area contributed by atoms with Crippen LogP contribution in [0.15, 0.2) is 30.3 Å². The van der Waals surface area contributed by atoms with Gasteiger partial charge in [0.25, 0.3) is 0 Å². The molecule has 14 heavy (non-hydrogen) atoms. The molecular formula is C8H11AgBr3InN. The third-order valence-corrected chi connectivity index (χ3v) is 1.28. The number of halogens is 3. The van der Waals surface area contributed by atoms with E-state index in [0.717, 1.165) is 13.0 Å². The van der Waals surface area contributed by atoms with E-state index >= 15 is 0 Å². The van der Waals surface area contributed by atoms with Crippen molar-refractivity contribution >= 4 is 51.3 Å². The normalized spacial score (nSPS) is 8.00. The Bertz CT molecular complexity index is 208. The Hall–Kier alpha value is 2.23. The van der Waals surface area contributed by atoms with Crippen molar-refractivity contribution in [1.29, 1.82) is 0 Å². The quantitative estimate of drug-likeness (QED) is 0.532. The van der Waals surface area contributed by atoms with Crippen molar-refractivity contribution in [2.75, 3.05) is 6.54 Å². The van der Waals surface area contributed by atoms with Crippen LogP contribution in [0.3, 0.4) is 0 Å². The van der Waals surface area contributed by atoms with Crippen LogP contribution < -0.4 is 5.73 Å². The van der Waals surface area contributed by atoms with Crippen molar-refractivity contribution in [1.82, 2.24) is 0 Å². The maximum atomic E-state index is 5.36. The zero-order valence-corrected chi connectivity index (χ0v) is 16.9. The average molecular weight is 584 g/mol. The molecule has 0 saturated heterocycles. The predicted molar refractivity (Wildman–Crippen MR) is 71.7 cm³/mol. The summed E-state index contributed by atoms with van der Waals surface area (Å²) in [6.45, 7) is 0.740. The summed E-state index contributed by atoms with van der Waals surface area (Å²) in [5.74, 6) is 0. The van der Waals surface area contributed by atoms with Gasteiger partial charge in [0, 0.05) is 22.4 Å². The third kappa shape index (κ3) is 14.2. The molecule has 1 radical (unpaired) electrons. The summed E-state index contributed by atoms with van der Waals surface area (Å²) in [5.41, 5.74) is 6.68. The molecule has 1 aromatic carbocycles. The molecule has 0 aliphatic carbocycles. The van der Waals surface area contributed by atoms with Gasteiger partial charge in [-0.15, -0.1) is 0 Å². The second kappa shape index (κ2) is 13.3. The van der Waals surface area contributed by atoms with Crippen LogP contribution in [0, 0.1) is 0 Å².